The molecule has 0 unspecified atom stereocenters. The number of aromatic nitrogens is 1. The van der Waals surface area contributed by atoms with Crippen molar-refractivity contribution in [1.82, 2.24) is 9.99 Å². The van der Waals surface area contributed by atoms with Crippen LogP contribution in [-0.4, -0.2) is 52.9 Å². The molecule has 0 bridgehead atoms. The SMILES string of the molecule is COc1ccc(OC)c(C=Cc2ccc(N3C(=O)[C@H]4[C@H](CC=C5[C@H]4C[C@H]4C(=O)N(Nc6ncc(C(F)(F)F)cc6Cl)C(=O)[C@@]4(c4ccc(Cl)cc4)[C@H]5c4ccc(CO)o4)C3=O)cc2)c1. The predicted molar refractivity (Wildman–Crippen MR) is 229 cm³/mol. The number of benzene rings is 3. The Morgan fingerprint density at radius 2 is 1.66 bits per heavy atom. The standard InChI is InChI=1S/C47H37Cl2F3N4O8/c1-62-30-13-17-37(63-2)25(19-30)6-3-24-4-11-29(12-5-24)55-42(58)33-16-15-32-34(39(33)44(55)60)21-35-43(59)56(54-41-36(49)20-27(22-53-41)47(50,51)52)45(61)46(35,26-7-9-28(48)10-8-26)40(32)38-18-14-31(23-57)64-38/h3-15,17-20,22,33-35,39-40,57H,16,21,23H2,1-2H3,(H,53,54)/t33-,34+,35-,39-,40+,46+/m0/s1. The molecule has 2 N–H and O–H groups in total. The minimum Gasteiger partial charge on any atom is -0.497 e. The Kier molecular flexibility index (Phi) is 10.9. The Morgan fingerprint density at radius 1 is 0.906 bits per heavy atom. The summed E-state index contributed by atoms with van der Waals surface area (Å²) in [6.45, 7) is -0.484. The lowest BCUT2D eigenvalue weighted by atomic mass is 9.50. The molecule has 2 saturated heterocycles. The number of aliphatic hydroxyl groups is 1. The summed E-state index contributed by atoms with van der Waals surface area (Å²) in [7, 11) is 3.14. The fourth-order valence-electron chi connectivity index (χ4n) is 9.87. The lowest BCUT2D eigenvalue weighted by Crippen LogP contribution is -2.53. The zero-order chi connectivity index (χ0) is 45.2. The van der Waals surface area contributed by atoms with Crippen molar-refractivity contribution >= 4 is 70.5 Å². The number of rotatable bonds is 10. The van der Waals surface area contributed by atoms with Gasteiger partial charge in [0.05, 0.1) is 54.2 Å². The average Bonchev–Trinajstić information content (AvgIpc) is 3.93. The number of imide groups is 2. The van der Waals surface area contributed by atoms with Crippen LogP contribution in [0.4, 0.5) is 24.7 Å². The molecule has 64 heavy (non-hydrogen) atoms. The number of hydrogen-bond donors (Lipinski definition) is 2. The van der Waals surface area contributed by atoms with Crippen molar-refractivity contribution < 1.29 is 51.3 Å². The third kappa shape index (κ3) is 6.93. The number of carbonyl (C=O) groups excluding carboxylic acids is 4. The van der Waals surface area contributed by atoms with Gasteiger partial charge >= 0.3 is 6.18 Å². The van der Waals surface area contributed by atoms with Crippen molar-refractivity contribution in [1.29, 1.82) is 0 Å². The Morgan fingerprint density at radius 3 is 2.31 bits per heavy atom. The third-order valence-electron chi connectivity index (χ3n) is 12.7. The molecule has 4 heterocycles. The molecule has 3 aromatic carbocycles. The molecule has 6 atom stereocenters. The first-order chi connectivity index (χ1) is 30.7. The molecule has 9 rings (SSSR count). The smallest absolute Gasteiger partial charge is 0.417 e. The first-order valence-electron chi connectivity index (χ1n) is 20.1. The monoisotopic (exact) mass is 912 g/mol. The molecular weight excluding hydrogens is 876 g/mol. The van der Waals surface area contributed by atoms with Crippen LogP contribution in [0.3, 0.4) is 0 Å². The third-order valence-corrected chi connectivity index (χ3v) is 13.3. The van der Waals surface area contributed by atoms with Crippen LogP contribution < -0.4 is 19.8 Å². The summed E-state index contributed by atoms with van der Waals surface area (Å²) < 4.78 is 57.7. The molecule has 0 radical (unpaired) electrons. The van der Waals surface area contributed by atoms with Crippen molar-refractivity contribution in [3.05, 3.63) is 147 Å². The maximum absolute atomic E-state index is 15.3. The number of alkyl halides is 3. The van der Waals surface area contributed by atoms with Gasteiger partial charge in [-0.1, -0.05) is 71.3 Å². The quantitative estimate of drug-likeness (QED) is 0.0790. The van der Waals surface area contributed by atoms with Crippen molar-refractivity contribution in [2.75, 3.05) is 24.5 Å². The van der Waals surface area contributed by atoms with E-state index in [9.17, 15) is 32.7 Å². The van der Waals surface area contributed by atoms with Crippen LogP contribution in [0.15, 0.2) is 107 Å². The van der Waals surface area contributed by atoms with Gasteiger partial charge in [-0.2, -0.15) is 18.2 Å². The lowest BCUT2D eigenvalue weighted by Gasteiger charge is -2.49. The molecule has 5 aromatic rings. The number of methoxy groups -OCH3 is 2. The molecule has 2 aromatic heterocycles. The van der Waals surface area contributed by atoms with Crippen LogP contribution in [0.1, 0.15) is 52.5 Å². The highest BCUT2D eigenvalue weighted by molar-refractivity contribution is 6.33. The number of pyridine rings is 1. The molecule has 4 aliphatic rings. The highest BCUT2D eigenvalue weighted by Crippen LogP contribution is 2.64. The van der Waals surface area contributed by atoms with Crippen LogP contribution in [0, 0.1) is 23.7 Å². The molecule has 328 valence electrons. The van der Waals surface area contributed by atoms with Crippen molar-refractivity contribution in [2.24, 2.45) is 23.7 Å². The minimum absolute atomic E-state index is 0.0824. The number of carbonyl (C=O) groups is 4. The van der Waals surface area contributed by atoms with Crippen LogP contribution in [0.25, 0.3) is 12.2 Å². The number of allylic oxidation sites excluding steroid dienone is 2. The van der Waals surface area contributed by atoms with Gasteiger partial charge in [-0.3, -0.25) is 29.5 Å². The normalized spacial score (nSPS) is 24.2. The van der Waals surface area contributed by atoms with E-state index in [0.717, 1.165) is 11.1 Å². The van der Waals surface area contributed by atoms with E-state index in [4.69, 9.17) is 37.1 Å². The van der Waals surface area contributed by atoms with Gasteiger partial charge < -0.3 is 19.0 Å². The second kappa shape index (κ2) is 16.3. The van der Waals surface area contributed by atoms with E-state index >= 15 is 4.79 Å². The summed E-state index contributed by atoms with van der Waals surface area (Å²) in [4.78, 5) is 64.3. The fraction of sp³-hybridized carbons (Fsp3) is 0.255. The maximum atomic E-state index is 15.3. The van der Waals surface area contributed by atoms with Gasteiger partial charge in [0.25, 0.3) is 11.8 Å². The summed E-state index contributed by atoms with van der Waals surface area (Å²) >= 11 is 12.6. The van der Waals surface area contributed by atoms with Gasteiger partial charge in [-0.15, -0.1) is 0 Å². The van der Waals surface area contributed by atoms with Crippen LogP contribution in [-0.2, 0) is 37.4 Å². The van der Waals surface area contributed by atoms with Crippen molar-refractivity contribution in [2.45, 2.75) is 37.0 Å². The summed E-state index contributed by atoms with van der Waals surface area (Å²) in [5, 5.41) is 10.6. The predicted octanol–water partition coefficient (Wildman–Crippen LogP) is 8.87. The van der Waals surface area contributed by atoms with E-state index in [1.54, 1.807) is 80.9 Å². The summed E-state index contributed by atoms with van der Waals surface area (Å²) in [5.41, 5.74) is 2.52. The van der Waals surface area contributed by atoms with E-state index in [1.807, 2.05) is 24.3 Å². The van der Waals surface area contributed by atoms with Gasteiger partial charge in [-0.05, 0) is 90.6 Å². The number of fused-ring (bicyclic) bond motifs is 4. The number of hydrazine groups is 1. The van der Waals surface area contributed by atoms with Crippen molar-refractivity contribution in [3.8, 4) is 11.5 Å². The summed E-state index contributed by atoms with van der Waals surface area (Å²) in [5.74, 6) is -6.01. The summed E-state index contributed by atoms with van der Waals surface area (Å²) in [6.07, 6.45) is 1.36. The number of nitrogens with one attached hydrogen (secondary N) is 1. The number of halogens is 5. The average molecular weight is 914 g/mol. The van der Waals surface area contributed by atoms with Gasteiger partial charge in [0.2, 0.25) is 11.8 Å². The number of amides is 4. The Balaban J connectivity index is 1.10. The molecule has 1 saturated carbocycles. The largest absolute Gasteiger partial charge is 0.497 e. The molecule has 4 amide bonds. The zero-order valence-corrected chi connectivity index (χ0v) is 35.4. The number of nitrogens with zero attached hydrogens (tertiary/aromatic N) is 3. The van der Waals surface area contributed by atoms with Crippen LogP contribution in [0.2, 0.25) is 10.0 Å². The molecule has 3 fully saturated rings. The Labute approximate surface area is 373 Å². The maximum Gasteiger partial charge on any atom is 0.417 e. The molecule has 2 aliphatic heterocycles. The highest BCUT2D eigenvalue weighted by Gasteiger charge is 2.71. The topological polar surface area (TPSA) is 152 Å². The van der Waals surface area contributed by atoms with E-state index < -0.39 is 82.0 Å². The number of hydrogen-bond acceptors (Lipinski definition) is 10. The number of anilines is 2. The zero-order valence-electron chi connectivity index (χ0n) is 33.9. The van der Waals surface area contributed by atoms with Gasteiger partial charge in [0, 0.05) is 16.8 Å². The molecule has 2 aliphatic carbocycles. The number of aliphatic hydroxyl groups excluding tert-OH is 1. The van der Waals surface area contributed by atoms with E-state index in [2.05, 4.69) is 10.4 Å². The second-order valence-electron chi connectivity index (χ2n) is 15.9. The lowest BCUT2D eigenvalue weighted by molar-refractivity contribution is -0.139. The Hall–Kier alpha value is -6.42. The highest BCUT2D eigenvalue weighted by atomic mass is 35.5. The van der Waals surface area contributed by atoms with E-state index in [-0.39, 0.29) is 30.2 Å². The van der Waals surface area contributed by atoms with Gasteiger partial charge in [0.15, 0.2) is 5.82 Å². The number of furan rings is 1. The van der Waals surface area contributed by atoms with Crippen molar-refractivity contribution in [3.63, 3.8) is 0 Å². The molecule has 0 spiro atoms. The van der Waals surface area contributed by atoms with E-state index in [0.29, 0.717) is 50.6 Å². The second-order valence-corrected chi connectivity index (χ2v) is 16.8. The van der Waals surface area contributed by atoms with Crippen LogP contribution in [0.5, 0.6) is 11.5 Å². The summed E-state index contributed by atoms with van der Waals surface area (Å²) in [6, 6.07) is 22.4. The van der Waals surface area contributed by atoms with Crippen LogP contribution >= 0.6 is 23.2 Å². The van der Waals surface area contributed by atoms with E-state index in [1.165, 1.54) is 11.0 Å². The molecule has 12 nitrogen and oxygen atoms in total. The molecule has 17 heteroatoms. The first kappa shape index (κ1) is 42.9. The Bertz CT molecular complexity index is 2770. The van der Waals surface area contributed by atoms with Gasteiger partial charge in [-0.25, -0.2) is 4.98 Å². The molecular formula is C47H37Cl2F3N4O8. The number of ether oxygens (including phenoxy) is 2. The fourth-order valence-corrected chi connectivity index (χ4v) is 10.2. The van der Waals surface area contributed by atoms with Gasteiger partial charge in [0.1, 0.15) is 35.0 Å². The first-order valence-corrected chi connectivity index (χ1v) is 20.9. The minimum atomic E-state index is -4.77.